The van der Waals surface area contributed by atoms with E-state index in [0.29, 0.717) is 27.9 Å². The second-order valence-corrected chi connectivity index (χ2v) is 6.74. The Balaban J connectivity index is 2.08. The van der Waals surface area contributed by atoms with Crippen LogP contribution in [0.3, 0.4) is 0 Å². The summed E-state index contributed by atoms with van der Waals surface area (Å²) < 4.78 is 25.2. The second-order valence-electron chi connectivity index (χ2n) is 5.48. The molecular formula is C14H17FN2O4S. The van der Waals surface area contributed by atoms with E-state index in [1.165, 1.54) is 14.1 Å². The molecule has 0 saturated carbocycles. The molecule has 6 nitrogen and oxygen atoms in total. The second kappa shape index (κ2) is 6.04. The summed E-state index contributed by atoms with van der Waals surface area (Å²) in [5, 5.41) is 0. The molecule has 1 aromatic carbocycles. The van der Waals surface area contributed by atoms with Crippen molar-refractivity contribution in [1.29, 1.82) is 0 Å². The zero-order valence-electron chi connectivity index (χ0n) is 12.8. The standard InChI is InChI=1S/C14H17FN2O4S/c1-14(2)8-9-6-5-7-10(11(9)21-14)20-13(19)17(4)22-16(3)12(15)18/h5-7H,8H2,1-4H3. The summed E-state index contributed by atoms with van der Waals surface area (Å²) in [7, 11) is 2.59. The maximum Gasteiger partial charge on any atom is 0.426 e. The molecule has 120 valence electrons. The molecule has 1 heterocycles. The van der Waals surface area contributed by atoms with Crippen LogP contribution in [0.25, 0.3) is 0 Å². The van der Waals surface area contributed by atoms with E-state index in [-0.39, 0.29) is 5.60 Å². The minimum Gasteiger partial charge on any atom is -0.483 e. The van der Waals surface area contributed by atoms with Crippen molar-refractivity contribution in [2.24, 2.45) is 0 Å². The number of carbonyl (C=O) groups is 2. The fourth-order valence-electron chi connectivity index (χ4n) is 2.08. The molecule has 0 aliphatic carbocycles. The largest absolute Gasteiger partial charge is 0.483 e. The molecule has 0 spiro atoms. The van der Waals surface area contributed by atoms with Gasteiger partial charge < -0.3 is 9.47 Å². The first-order valence-corrected chi connectivity index (χ1v) is 7.30. The highest BCUT2D eigenvalue weighted by atomic mass is 32.2. The Bertz CT molecular complexity index is 609. The number of hydrogen-bond donors (Lipinski definition) is 0. The summed E-state index contributed by atoms with van der Waals surface area (Å²) in [6.45, 7) is 3.89. The van der Waals surface area contributed by atoms with Gasteiger partial charge in [0.05, 0.1) is 12.1 Å². The fraction of sp³-hybridized carbons (Fsp3) is 0.429. The zero-order valence-corrected chi connectivity index (χ0v) is 13.6. The number of ether oxygens (including phenoxy) is 2. The molecule has 0 aromatic heterocycles. The van der Waals surface area contributed by atoms with Crippen LogP contribution in [0.1, 0.15) is 19.4 Å². The van der Waals surface area contributed by atoms with Gasteiger partial charge >= 0.3 is 12.3 Å². The van der Waals surface area contributed by atoms with E-state index in [0.717, 1.165) is 16.3 Å². The Morgan fingerprint density at radius 3 is 2.64 bits per heavy atom. The Labute approximate surface area is 132 Å². The summed E-state index contributed by atoms with van der Waals surface area (Å²) in [6.07, 6.45) is -1.67. The molecule has 1 aliphatic heterocycles. The molecule has 0 N–H and O–H groups in total. The van der Waals surface area contributed by atoms with Crippen LogP contribution in [-0.4, -0.2) is 40.6 Å². The van der Waals surface area contributed by atoms with E-state index in [9.17, 15) is 14.0 Å². The van der Waals surface area contributed by atoms with Crippen molar-refractivity contribution in [2.75, 3.05) is 14.1 Å². The van der Waals surface area contributed by atoms with Crippen LogP contribution in [0.2, 0.25) is 0 Å². The minimum atomic E-state index is -1.66. The molecule has 8 heteroatoms. The molecule has 2 rings (SSSR count). The Morgan fingerprint density at radius 1 is 1.32 bits per heavy atom. The number of fused-ring (bicyclic) bond motifs is 1. The van der Waals surface area contributed by atoms with Crippen LogP contribution in [0.15, 0.2) is 18.2 Å². The van der Waals surface area contributed by atoms with Crippen molar-refractivity contribution in [1.82, 2.24) is 8.61 Å². The first-order valence-electron chi connectivity index (χ1n) is 6.57. The lowest BCUT2D eigenvalue weighted by Crippen LogP contribution is -2.29. The molecule has 1 aliphatic rings. The zero-order chi connectivity index (χ0) is 16.5. The van der Waals surface area contributed by atoms with Gasteiger partial charge in [-0.05, 0) is 19.9 Å². The number of nitrogens with zero attached hydrogens (tertiary/aromatic N) is 2. The van der Waals surface area contributed by atoms with Gasteiger partial charge in [0.15, 0.2) is 11.5 Å². The van der Waals surface area contributed by atoms with Gasteiger partial charge in [-0.15, -0.1) is 4.39 Å². The molecule has 0 fully saturated rings. The maximum atomic E-state index is 12.5. The van der Waals surface area contributed by atoms with E-state index in [2.05, 4.69) is 0 Å². The van der Waals surface area contributed by atoms with Crippen LogP contribution in [0.4, 0.5) is 14.0 Å². The third kappa shape index (κ3) is 3.62. The van der Waals surface area contributed by atoms with Gasteiger partial charge in [-0.1, -0.05) is 12.1 Å². The minimum absolute atomic E-state index is 0.301. The maximum absolute atomic E-state index is 12.5. The lowest BCUT2D eigenvalue weighted by atomic mass is 10.0. The highest BCUT2D eigenvalue weighted by Crippen LogP contribution is 2.42. The summed E-state index contributed by atoms with van der Waals surface area (Å²) in [6, 6.07) is 5.31. The topological polar surface area (TPSA) is 59.1 Å². The Morgan fingerprint density at radius 2 is 2.00 bits per heavy atom. The first-order chi connectivity index (χ1) is 10.2. The van der Waals surface area contributed by atoms with Crippen LogP contribution in [-0.2, 0) is 6.42 Å². The predicted molar refractivity (Wildman–Crippen MR) is 80.5 cm³/mol. The van der Waals surface area contributed by atoms with Gasteiger partial charge in [-0.3, -0.25) is 0 Å². The lowest BCUT2D eigenvalue weighted by molar-refractivity contribution is 0.131. The van der Waals surface area contributed by atoms with Crippen LogP contribution in [0, 0.1) is 0 Å². The third-order valence-corrected chi connectivity index (χ3v) is 3.78. The molecule has 1 aromatic rings. The Kier molecular flexibility index (Phi) is 4.50. The molecule has 22 heavy (non-hydrogen) atoms. The molecule has 0 atom stereocenters. The molecule has 2 amide bonds. The summed E-state index contributed by atoms with van der Waals surface area (Å²) in [5.41, 5.74) is 0.605. The van der Waals surface area contributed by atoms with Crippen molar-refractivity contribution in [3.05, 3.63) is 23.8 Å². The van der Waals surface area contributed by atoms with Crippen molar-refractivity contribution in [3.63, 3.8) is 0 Å². The molecule has 0 saturated heterocycles. The van der Waals surface area contributed by atoms with Gasteiger partial charge in [-0.2, -0.15) is 0 Å². The quantitative estimate of drug-likeness (QED) is 0.483. The molecule has 0 unspecified atom stereocenters. The molecule has 0 radical (unpaired) electrons. The normalized spacial score (nSPS) is 14.8. The third-order valence-electron chi connectivity index (χ3n) is 3.00. The lowest BCUT2D eigenvalue weighted by Gasteiger charge is -2.20. The van der Waals surface area contributed by atoms with Crippen molar-refractivity contribution in [3.8, 4) is 11.5 Å². The average molecular weight is 328 g/mol. The summed E-state index contributed by atoms with van der Waals surface area (Å²) in [4.78, 5) is 22.5. The van der Waals surface area contributed by atoms with Gasteiger partial charge in [0, 0.05) is 26.1 Å². The van der Waals surface area contributed by atoms with Crippen LogP contribution >= 0.6 is 12.1 Å². The van der Waals surface area contributed by atoms with E-state index in [1.807, 2.05) is 19.9 Å². The average Bonchev–Trinajstić information content (AvgIpc) is 2.73. The van der Waals surface area contributed by atoms with E-state index in [4.69, 9.17) is 9.47 Å². The number of amides is 2. The SMILES string of the molecule is CN(SN(C)C(=O)Oc1cccc2c1OC(C)(C)C2)C(=O)F. The van der Waals surface area contributed by atoms with Gasteiger partial charge in [-0.25, -0.2) is 18.2 Å². The van der Waals surface area contributed by atoms with Gasteiger partial charge in [0.2, 0.25) is 0 Å². The van der Waals surface area contributed by atoms with Crippen LogP contribution in [0.5, 0.6) is 11.5 Å². The van der Waals surface area contributed by atoms with Crippen molar-refractivity contribution in [2.45, 2.75) is 25.9 Å². The first kappa shape index (κ1) is 16.4. The smallest absolute Gasteiger partial charge is 0.426 e. The van der Waals surface area contributed by atoms with Gasteiger partial charge in [0.25, 0.3) is 0 Å². The number of para-hydroxylation sites is 1. The Hall–Kier alpha value is -1.96. The van der Waals surface area contributed by atoms with Crippen LogP contribution < -0.4 is 9.47 Å². The number of hydrogen-bond acceptors (Lipinski definition) is 5. The predicted octanol–water partition coefficient (Wildman–Crippen LogP) is 3.42. The fourth-order valence-corrected chi connectivity index (χ4v) is 2.61. The molecule has 0 bridgehead atoms. The monoisotopic (exact) mass is 328 g/mol. The van der Waals surface area contributed by atoms with Crippen molar-refractivity contribution < 1.29 is 23.5 Å². The van der Waals surface area contributed by atoms with Crippen molar-refractivity contribution >= 4 is 24.4 Å². The van der Waals surface area contributed by atoms with E-state index in [1.54, 1.807) is 12.1 Å². The van der Waals surface area contributed by atoms with E-state index < -0.39 is 12.3 Å². The molecular weight excluding hydrogens is 311 g/mol. The number of benzene rings is 1. The van der Waals surface area contributed by atoms with Gasteiger partial charge in [0.1, 0.15) is 5.60 Å². The number of carbonyl (C=O) groups excluding carboxylic acids is 2. The number of halogens is 1. The summed E-state index contributed by atoms with van der Waals surface area (Å²) in [5.74, 6) is 0.837. The summed E-state index contributed by atoms with van der Waals surface area (Å²) >= 11 is 0.595. The highest BCUT2D eigenvalue weighted by Gasteiger charge is 2.33. The van der Waals surface area contributed by atoms with E-state index >= 15 is 0 Å². The highest BCUT2D eigenvalue weighted by molar-refractivity contribution is 7.95. The number of rotatable bonds is 3.